The number of carbonyl (C=O) groups excluding carboxylic acids is 1. The van der Waals surface area contributed by atoms with Gasteiger partial charge >= 0.3 is 5.97 Å². The first-order chi connectivity index (χ1) is 13.2. The second-order valence-corrected chi connectivity index (χ2v) is 29.1. The van der Waals surface area contributed by atoms with E-state index < -0.39 is 39.2 Å². The second kappa shape index (κ2) is 9.45. The summed E-state index contributed by atoms with van der Waals surface area (Å²) in [4.78, 5) is 12.8. The van der Waals surface area contributed by atoms with Crippen LogP contribution in [0.5, 0.6) is 11.5 Å². The lowest BCUT2D eigenvalue weighted by Gasteiger charge is -2.26. The van der Waals surface area contributed by atoms with Crippen LogP contribution in [0.2, 0.25) is 78.6 Å². The molecule has 0 aromatic heterocycles. The van der Waals surface area contributed by atoms with Gasteiger partial charge in [-0.25, -0.2) is 4.79 Å². The van der Waals surface area contributed by atoms with Gasteiger partial charge in [0.05, 0.1) is 0 Å². The van der Waals surface area contributed by atoms with Crippen LogP contribution in [0.3, 0.4) is 0 Å². The van der Waals surface area contributed by atoms with Gasteiger partial charge < -0.3 is 17.7 Å². The topological polar surface area (TPSA) is 54.0 Å². The Bertz CT molecular complexity index is 779. The van der Waals surface area contributed by atoms with E-state index in [0.29, 0.717) is 0 Å². The van der Waals surface area contributed by atoms with Crippen molar-refractivity contribution in [3.63, 3.8) is 0 Å². The summed E-state index contributed by atoms with van der Waals surface area (Å²) < 4.78 is 24.3. The number of benzene rings is 1. The fraction of sp³-hybridized carbons (Fsp3) is 0.571. The summed E-state index contributed by atoms with van der Waals surface area (Å²) in [5.74, 6) is 1.34. The third-order valence-corrected chi connectivity index (χ3v) is 6.41. The van der Waals surface area contributed by atoms with Gasteiger partial charge in [-0.3, -0.25) is 0 Å². The Labute approximate surface area is 187 Å². The molecule has 0 saturated carbocycles. The summed E-state index contributed by atoms with van der Waals surface area (Å²) in [5, 5.41) is 0. The van der Waals surface area contributed by atoms with Crippen LogP contribution in [0, 0.1) is 0 Å². The Kier molecular flexibility index (Phi) is 8.42. The molecule has 0 atom stereocenters. The van der Waals surface area contributed by atoms with Crippen LogP contribution in [0.1, 0.15) is 5.56 Å². The summed E-state index contributed by atoms with van der Waals surface area (Å²) in [6.07, 6.45) is 1.76. The number of rotatable bonds is 9. The van der Waals surface area contributed by atoms with Crippen LogP contribution in [0.25, 0.3) is 6.08 Å². The molecule has 1 aromatic rings. The first-order valence-corrected chi connectivity index (χ1v) is 24.0. The van der Waals surface area contributed by atoms with Crippen molar-refractivity contribution in [1.82, 2.24) is 0 Å². The predicted octanol–water partition coefficient (Wildman–Crippen LogP) is 6.68. The fourth-order valence-corrected chi connectivity index (χ4v) is 5.48. The highest BCUT2D eigenvalue weighted by Crippen LogP contribution is 2.33. The van der Waals surface area contributed by atoms with Crippen LogP contribution in [0.4, 0.5) is 0 Å². The van der Waals surface area contributed by atoms with Gasteiger partial charge in [-0.1, -0.05) is 6.07 Å². The molecule has 5 nitrogen and oxygen atoms in total. The van der Waals surface area contributed by atoms with Crippen LogP contribution in [-0.2, 0) is 13.6 Å². The maximum absolute atomic E-state index is 12.8. The van der Waals surface area contributed by atoms with Crippen molar-refractivity contribution < 1.29 is 22.5 Å². The molecule has 0 spiro atoms. The van der Waals surface area contributed by atoms with Crippen molar-refractivity contribution in [2.24, 2.45) is 0 Å². The first-order valence-electron chi connectivity index (χ1n) is 10.4. The second-order valence-electron chi connectivity index (χ2n) is 11.4. The van der Waals surface area contributed by atoms with Gasteiger partial charge in [0.2, 0.25) is 33.3 Å². The van der Waals surface area contributed by atoms with Gasteiger partial charge in [-0.05, 0) is 102 Å². The van der Waals surface area contributed by atoms with Crippen molar-refractivity contribution >= 4 is 45.3 Å². The zero-order valence-corrected chi connectivity index (χ0v) is 24.9. The van der Waals surface area contributed by atoms with E-state index >= 15 is 0 Å². The molecule has 0 saturated heterocycles. The molecule has 0 N–H and O–H groups in total. The van der Waals surface area contributed by atoms with E-state index in [2.05, 4.69) is 39.3 Å². The van der Waals surface area contributed by atoms with Crippen LogP contribution in [-0.4, -0.2) is 39.2 Å². The van der Waals surface area contributed by atoms with Crippen LogP contribution >= 0.6 is 0 Å². The smallest absolute Gasteiger partial charge is 0.358 e. The summed E-state index contributed by atoms with van der Waals surface area (Å²) in [7, 11) is -7.70. The van der Waals surface area contributed by atoms with Crippen molar-refractivity contribution in [1.29, 1.82) is 0 Å². The van der Waals surface area contributed by atoms with E-state index in [-0.39, 0.29) is 5.76 Å². The third kappa shape index (κ3) is 11.2. The highest BCUT2D eigenvalue weighted by atomic mass is 28.4. The van der Waals surface area contributed by atoms with Crippen molar-refractivity contribution in [2.75, 3.05) is 0 Å². The summed E-state index contributed by atoms with van der Waals surface area (Å²) >= 11 is 0. The van der Waals surface area contributed by atoms with E-state index in [4.69, 9.17) is 17.7 Å². The van der Waals surface area contributed by atoms with Crippen molar-refractivity contribution in [2.45, 2.75) is 78.6 Å². The molecule has 0 fully saturated rings. The van der Waals surface area contributed by atoms with E-state index in [0.717, 1.165) is 17.1 Å². The first kappa shape index (κ1) is 26.7. The minimum absolute atomic E-state index is 0.259. The average molecular weight is 485 g/mol. The Morgan fingerprint density at radius 3 is 1.57 bits per heavy atom. The Hall–Kier alpha value is -1.30. The molecular formula is C21H40O5Si4. The van der Waals surface area contributed by atoms with E-state index in [1.165, 1.54) is 0 Å². The predicted molar refractivity (Wildman–Crippen MR) is 136 cm³/mol. The van der Waals surface area contributed by atoms with Gasteiger partial charge in [0.1, 0.15) is 11.5 Å². The van der Waals surface area contributed by atoms with Crippen molar-refractivity contribution in [3.05, 3.63) is 29.5 Å². The Balaban J connectivity index is 3.43. The quantitative estimate of drug-likeness (QED) is 0.222. The maximum Gasteiger partial charge on any atom is 0.358 e. The minimum atomic E-state index is -2.04. The number of carbonyl (C=O) groups is 1. The molecule has 1 rings (SSSR count). The lowest BCUT2D eigenvalue weighted by atomic mass is 10.2. The molecule has 0 unspecified atom stereocenters. The molecule has 1 aromatic carbocycles. The van der Waals surface area contributed by atoms with E-state index in [1.807, 2.05) is 57.5 Å². The normalized spacial score (nSPS) is 13.7. The fourth-order valence-electron chi connectivity index (χ4n) is 2.38. The molecule has 0 amide bonds. The van der Waals surface area contributed by atoms with Crippen molar-refractivity contribution in [3.8, 4) is 11.5 Å². The van der Waals surface area contributed by atoms with Gasteiger partial charge in [-0.2, -0.15) is 0 Å². The maximum atomic E-state index is 12.8. The molecule has 0 aliphatic heterocycles. The molecule has 30 heavy (non-hydrogen) atoms. The van der Waals surface area contributed by atoms with E-state index in [1.54, 1.807) is 6.08 Å². The van der Waals surface area contributed by atoms with Gasteiger partial charge in [0.25, 0.3) is 0 Å². The Morgan fingerprint density at radius 1 is 0.667 bits per heavy atom. The third-order valence-electron chi connectivity index (χ3n) is 3.11. The SMILES string of the molecule is C[Si](C)(C)OC(=O)/C(=C/c1ccc(O[Si](C)(C)C)c(O[Si](C)(C)C)c1)O[Si](C)(C)C. The lowest BCUT2D eigenvalue weighted by Crippen LogP contribution is -2.34. The van der Waals surface area contributed by atoms with E-state index in [9.17, 15) is 4.79 Å². The molecule has 170 valence electrons. The molecule has 0 aliphatic carbocycles. The highest BCUT2D eigenvalue weighted by molar-refractivity contribution is 6.72. The molecule has 0 bridgehead atoms. The van der Waals surface area contributed by atoms with Gasteiger partial charge in [0.15, 0.2) is 5.76 Å². The molecule has 0 heterocycles. The zero-order chi connectivity index (χ0) is 23.5. The number of hydrogen-bond acceptors (Lipinski definition) is 5. The molecule has 9 heteroatoms. The number of hydrogen-bond donors (Lipinski definition) is 0. The zero-order valence-electron chi connectivity index (χ0n) is 20.9. The average Bonchev–Trinajstić information content (AvgIpc) is 2.43. The minimum Gasteiger partial charge on any atom is -0.542 e. The standard InChI is InChI=1S/C21H40O5Si4/c1-27(2,3)23-18-14-13-17(15-19(18)24-28(4,5)6)16-20(25-29(7,8)9)21(22)26-30(10,11)12/h13-16H,1-12H3/b20-16-. The lowest BCUT2D eigenvalue weighted by molar-refractivity contribution is -0.133. The van der Waals surface area contributed by atoms with Gasteiger partial charge in [0, 0.05) is 0 Å². The van der Waals surface area contributed by atoms with Crippen LogP contribution in [0.15, 0.2) is 24.0 Å². The molecule has 0 aliphatic rings. The molecule has 0 radical (unpaired) electrons. The Morgan fingerprint density at radius 2 is 1.13 bits per heavy atom. The van der Waals surface area contributed by atoms with Crippen LogP contribution < -0.4 is 8.85 Å². The summed E-state index contributed by atoms with van der Waals surface area (Å²) in [5.41, 5.74) is 0.826. The van der Waals surface area contributed by atoms with Gasteiger partial charge in [-0.15, -0.1) is 0 Å². The highest BCUT2D eigenvalue weighted by Gasteiger charge is 2.28. The summed E-state index contributed by atoms with van der Waals surface area (Å²) in [6, 6.07) is 5.79. The monoisotopic (exact) mass is 484 g/mol. The largest absolute Gasteiger partial charge is 0.542 e. The summed E-state index contributed by atoms with van der Waals surface area (Å²) in [6.45, 7) is 24.9. The molecular weight excluding hydrogens is 445 g/mol.